The highest BCUT2D eigenvalue weighted by molar-refractivity contribution is 7.98. The van der Waals surface area contributed by atoms with Crippen molar-refractivity contribution in [3.05, 3.63) is 23.3 Å². The van der Waals surface area contributed by atoms with Crippen LogP contribution in [0.15, 0.2) is 12.1 Å². The normalized spacial score (nSPS) is 18.6. The zero-order valence-corrected chi connectivity index (χ0v) is 23.1. The van der Waals surface area contributed by atoms with Gasteiger partial charge in [0.05, 0.1) is 26.4 Å². The van der Waals surface area contributed by atoms with Gasteiger partial charge in [0.2, 0.25) is 14.2 Å². The Morgan fingerprint density at radius 3 is 2.50 bits per heavy atom. The number of benzene rings is 1. The third kappa shape index (κ3) is 7.40. The average molecular weight is 512 g/mol. The quantitative estimate of drug-likeness (QED) is 0.471. The molecule has 1 aromatic rings. The molecule has 190 valence electrons. The standard InChI is InChI=1S/C24H37NO7SSi/c1-24(2,3)34(6,7)32-20-13-16(29-4)12-17-18(20)14-33-15-19(23(28)30-5)25-21(26)10-8-9-11-31-22(17)27/h12-13,19H,8-11,14-15H2,1-7H3,(H,25,26)/t19-/m0/s1. The van der Waals surface area contributed by atoms with Gasteiger partial charge in [0.15, 0.2) is 0 Å². The van der Waals surface area contributed by atoms with E-state index < -0.39 is 26.3 Å². The molecular weight excluding hydrogens is 474 g/mol. The summed E-state index contributed by atoms with van der Waals surface area (Å²) in [4.78, 5) is 37.6. The van der Waals surface area contributed by atoms with Crippen molar-refractivity contribution in [3.8, 4) is 11.5 Å². The summed E-state index contributed by atoms with van der Waals surface area (Å²) in [6.45, 7) is 10.9. The molecule has 0 unspecified atom stereocenters. The van der Waals surface area contributed by atoms with Gasteiger partial charge in [-0.2, -0.15) is 11.8 Å². The number of esters is 2. The van der Waals surface area contributed by atoms with E-state index in [0.717, 1.165) is 0 Å². The molecule has 0 bridgehead atoms. The summed E-state index contributed by atoms with van der Waals surface area (Å²) in [5.41, 5.74) is 1.07. The van der Waals surface area contributed by atoms with Gasteiger partial charge in [-0.15, -0.1) is 0 Å². The number of carbonyl (C=O) groups excluding carboxylic acids is 3. The number of thioether (sulfide) groups is 1. The summed E-state index contributed by atoms with van der Waals surface area (Å²) in [6.07, 6.45) is 1.30. The number of hydrogen-bond acceptors (Lipinski definition) is 8. The number of nitrogens with one attached hydrogen (secondary N) is 1. The molecule has 0 aromatic heterocycles. The van der Waals surface area contributed by atoms with Crippen LogP contribution < -0.4 is 14.5 Å². The van der Waals surface area contributed by atoms with E-state index >= 15 is 0 Å². The summed E-state index contributed by atoms with van der Waals surface area (Å²) in [5, 5.41) is 2.70. The predicted octanol–water partition coefficient (Wildman–Crippen LogP) is 4.31. The van der Waals surface area contributed by atoms with Crippen LogP contribution in [0, 0.1) is 0 Å². The number of hydrogen-bond donors (Lipinski definition) is 1. The lowest BCUT2D eigenvalue weighted by molar-refractivity contribution is -0.144. The molecule has 0 spiro atoms. The molecule has 0 radical (unpaired) electrons. The first-order chi connectivity index (χ1) is 15.9. The Morgan fingerprint density at radius 2 is 1.88 bits per heavy atom. The molecule has 8 nitrogen and oxygen atoms in total. The zero-order chi connectivity index (χ0) is 25.5. The molecule has 1 aromatic carbocycles. The summed E-state index contributed by atoms with van der Waals surface area (Å²) in [7, 11) is 0.604. The molecule has 1 aliphatic rings. The summed E-state index contributed by atoms with van der Waals surface area (Å²) in [5.74, 6) is 0.568. The van der Waals surface area contributed by atoms with Gasteiger partial charge in [-0.05, 0) is 37.0 Å². The van der Waals surface area contributed by atoms with Crippen LogP contribution in [0.1, 0.15) is 56.0 Å². The van der Waals surface area contributed by atoms with Gasteiger partial charge in [-0.3, -0.25) is 4.79 Å². The van der Waals surface area contributed by atoms with Crippen LogP contribution >= 0.6 is 11.8 Å². The second-order valence-corrected chi connectivity index (χ2v) is 15.5. The Bertz CT molecular complexity index is 898. The Labute approximate surface area is 207 Å². The molecule has 0 aliphatic carbocycles. The number of amides is 1. The molecule has 1 atom stereocenters. The fraction of sp³-hybridized carbons (Fsp3) is 0.625. The van der Waals surface area contributed by atoms with E-state index in [-0.39, 0.29) is 24.0 Å². The van der Waals surface area contributed by atoms with E-state index in [1.165, 1.54) is 18.9 Å². The lowest BCUT2D eigenvalue weighted by Crippen LogP contribution is -2.44. The molecule has 34 heavy (non-hydrogen) atoms. The number of fused-ring (bicyclic) bond motifs is 1. The molecule has 0 saturated heterocycles. The summed E-state index contributed by atoms with van der Waals surface area (Å²) in [6, 6.07) is 2.70. The van der Waals surface area contributed by atoms with Gasteiger partial charge in [-0.25, -0.2) is 9.59 Å². The first-order valence-electron chi connectivity index (χ1n) is 11.4. The van der Waals surface area contributed by atoms with Crippen molar-refractivity contribution in [1.29, 1.82) is 0 Å². The average Bonchev–Trinajstić information content (AvgIpc) is 2.76. The minimum Gasteiger partial charge on any atom is -0.543 e. The minimum absolute atomic E-state index is 0.0571. The highest BCUT2D eigenvalue weighted by Gasteiger charge is 2.40. The van der Waals surface area contributed by atoms with E-state index in [1.54, 1.807) is 19.2 Å². The lowest BCUT2D eigenvalue weighted by atomic mass is 10.1. The van der Waals surface area contributed by atoms with Crippen molar-refractivity contribution in [2.45, 2.75) is 70.0 Å². The molecule has 1 amide bonds. The molecule has 1 N–H and O–H groups in total. The Kier molecular flexibility index (Phi) is 9.87. The Morgan fingerprint density at radius 1 is 1.18 bits per heavy atom. The van der Waals surface area contributed by atoms with Gasteiger partial charge < -0.3 is 24.0 Å². The second kappa shape index (κ2) is 12.0. The molecule has 10 heteroatoms. The Balaban J connectivity index is 2.49. The number of cyclic esters (lactones) is 1. The van der Waals surface area contributed by atoms with E-state index in [1.807, 2.05) is 0 Å². The molecular formula is C24H37NO7SSi. The lowest BCUT2D eigenvalue weighted by Gasteiger charge is -2.37. The smallest absolute Gasteiger partial charge is 0.338 e. The zero-order valence-electron chi connectivity index (χ0n) is 21.2. The summed E-state index contributed by atoms with van der Waals surface area (Å²) >= 11 is 1.41. The molecule has 0 fully saturated rings. The number of rotatable bonds is 4. The maximum atomic E-state index is 13.1. The maximum absolute atomic E-state index is 13.1. The second-order valence-electron chi connectivity index (χ2n) is 9.77. The molecule has 2 rings (SSSR count). The van der Waals surface area contributed by atoms with Crippen LogP contribution in [0.25, 0.3) is 0 Å². The highest BCUT2D eigenvalue weighted by atomic mass is 32.2. The van der Waals surface area contributed by atoms with E-state index in [4.69, 9.17) is 18.6 Å². The third-order valence-corrected chi connectivity index (χ3v) is 11.6. The van der Waals surface area contributed by atoms with Crippen molar-refractivity contribution in [2.24, 2.45) is 0 Å². The van der Waals surface area contributed by atoms with E-state index in [9.17, 15) is 14.4 Å². The highest BCUT2D eigenvalue weighted by Crippen LogP contribution is 2.41. The van der Waals surface area contributed by atoms with Gasteiger partial charge in [0.25, 0.3) is 0 Å². The van der Waals surface area contributed by atoms with Crippen LogP contribution in [0.5, 0.6) is 11.5 Å². The minimum atomic E-state index is -2.24. The van der Waals surface area contributed by atoms with Gasteiger partial charge in [0, 0.05) is 29.6 Å². The largest absolute Gasteiger partial charge is 0.543 e. The Hall–Kier alpha value is -2.20. The van der Waals surface area contributed by atoms with Crippen LogP contribution in [0.3, 0.4) is 0 Å². The van der Waals surface area contributed by atoms with Crippen LogP contribution in [-0.2, 0) is 24.8 Å². The van der Waals surface area contributed by atoms with Gasteiger partial charge in [0.1, 0.15) is 17.5 Å². The monoisotopic (exact) mass is 511 g/mol. The molecule has 0 saturated carbocycles. The number of methoxy groups -OCH3 is 2. The van der Waals surface area contributed by atoms with E-state index in [2.05, 4.69) is 39.2 Å². The first kappa shape index (κ1) is 28.0. The van der Waals surface area contributed by atoms with Gasteiger partial charge >= 0.3 is 11.9 Å². The van der Waals surface area contributed by atoms with Crippen LogP contribution in [0.2, 0.25) is 18.1 Å². The third-order valence-electron chi connectivity index (χ3n) is 6.19. The molecule has 1 heterocycles. The topological polar surface area (TPSA) is 100 Å². The van der Waals surface area contributed by atoms with Crippen molar-refractivity contribution in [1.82, 2.24) is 5.32 Å². The van der Waals surface area contributed by atoms with Crippen LogP contribution in [0.4, 0.5) is 0 Å². The predicted molar refractivity (Wildman–Crippen MR) is 135 cm³/mol. The van der Waals surface area contributed by atoms with Crippen LogP contribution in [-0.4, -0.2) is 58.8 Å². The maximum Gasteiger partial charge on any atom is 0.338 e. The van der Waals surface area contributed by atoms with Crippen molar-refractivity contribution in [3.63, 3.8) is 0 Å². The van der Waals surface area contributed by atoms with Crippen molar-refractivity contribution >= 4 is 37.9 Å². The first-order valence-corrected chi connectivity index (χ1v) is 15.5. The fourth-order valence-corrected chi connectivity index (χ4v) is 5.19. The number of ether oxygens (including phenoxy) is 3. The SMILES string of the molecule is COC(=O)[C@@H]1CSCc2c(O[Si](C)(C)C(C)(C)C)cc(OC)cc2C(=O)OCCCCC(=O)N1. The van der Waals surface area contributed by atoms with Crippen molar-refractivity contribution < 1.29 is 33.0 Å². The van der Waals surface area contributed by atoms with E-state index in [0.29, 0.717) is 47.0 Å². The number of carbonyl (C=O) groups is 3. The fourth-order valence-electron chi connectivity index (χ4n) is 3.07. The van der Waals surface area contributed by atoms with Crippen molar-refractivity contribution in [2.75, 3.05) is 26.6 Å². The molecule has 1 aliphatic heterocycles. The summed E-state index contributed by atoms with van der Waals surface area (Å²) < 4.78 is 22.5. The van der Waals surface area contributed by atoms with Gasteiger partial charge in [-0.1, -0.05) is 20.8 Å².